The number of nitrogens with one attached hydrogen (secondary N) is 1. The highest BCUT2D eigenvalue weighted by Crippen LogP contribution is 2.24. The van der Waals surface area contributed by atoms with Crippen LogP contribution in [-0.2, 0) is 10.8 Å². The minimum atomic E-state index is -1.18. The lowest BCUT2D eigenvalue weighted by Gasteiger charge is -2.03. The molecule has 1 atom stereocenters. The van der Waals surface area contributed by atoms with Gasteiger partial charge in [0.25, 0.3) is 5.91 Å². The first-order chi connectivity index (χ1) is 10.5. The van der Waals surface area contributed by atoms with Gasteiger partial charge in [0.2, 0.25) is 9.47 Å². The third-order valence-corrected chi connectivity index (χ3v) is 5.80. The monoisotopic (exact) mass is 377 g/mol. The van der Waals surface area contributed by atoms with Crippen molar-refractivity contribution in [2.45, 2.75) is 24.1 Å². The zero-order chi connectivity index (χ0) is 16.1. The molecule has 1 heterocycles. The molecule has 1 aromatic carbocycles. The topological polar surface area (TPSA) is 72.0 Å². The van der Waals surface area contributed by atoms with Gasteiger partial charge in [0, 0.05) is 10.8 Å². The molecule has 0 bridgehead atoms. The van der Waals surface area contributed by atoms with Crippen LogP contribution < -0.4 is 5.32 Å². The molecule has 5 nitrogen and oxygen atoms in total. The molecule has 0 saturated heterocycles. The zero-order valence-corrected chi connectivity index (χ0v) is 14.8. The summed E-state index contributed by atoms with van der Waals surface area (Å²) in [5.41, 5.74) is 0.287. The van der Waals surface area contributed by atoms with Gasteiger partial charge in [0.05, 0.1) is 21.4 Å². The van der Waals surface area contributed by atoms with Gasteiger partial charge in [-0.2, -0.15) is 0 Å². The maximum Gasteiger partial charge on any atom is 0.259 e. The Balaban J connectivity index is 2.06. The molecule has 0 saturated carbocycles. The minimum Gasteiger partial charge on any atom is -0.296 e. The molecule has 9 heteroatoms. The van der Waals surface area contributed by atoms with Crippen LogP contribution in [0.15, 0.2) is 22.5 Å². The molecular weight excluding hydrogens is 365 g/mol. The molecule has 2 aromatic rings. The van der Waals surface area contributed by atoms with E-state index in [1.165, 1.54) is 12.1 Å². The van der Waals surface area contributed by atoms with Gasteiger partial charge in [0.15, 0.2) is 0 Å². The van der Waals surface area contributed by atoms with E-state index in [1.54, 1.807) is 6.07 Å². The van der Waals surface area contributed by atoms with Crippen molar-refractivity contribution in [2.75, 3.05) is 11.1 Å². The van der Waals surface area contributed by atoms with E-state index in [0.29, 0.717) is 15.1 Å². The maximum atomic E-state index is 12.1. The smallest absolute Gasteiger partial charge is 0.259 e. The van der Waals surface area contributed by atoms with Gasteiger partial charge in [-0.05, 0) is 24.6 Å². The third kappa shape index (κ3) is 4.49. The minimum absolute atomic E-state index is 0.251. The number of halogens is 2. The number of hydrogen-bond acceptors (Lipinski definition) is 5. The van der Waals surface area contributed by atoms with E-state index in [0.717, 1.165) is 24.2 Å². The molecule has 2 rings (SSSR count). The average Bonchev–Trinajstić information content (AvgIpc) is 2.93. The highest BCUT2D eigenvalue weighted by atomic mass is 35.5. The van der Waals surface area contributed by atoms with Crippen LogP contribution in [0.4, 0.5) is 5.13 Å². The summed E-state index contributed by atoms with van der Waals surface area (Å²) in [5.74, 6) is 0.131. The SMILES string of the molecule is CCCCS(=O)c1nnc(NC(=O)c2ccc(Cl)cc2Cl)s1. The molecule has 0 radical (unpaired) electrons. The van der Waals surface area contributed by atoms with Crippen LogP contribution >= 0.6 is 34.5 Å². The number of nitrogens with zero attached hydrogens (tertiary/aromatic N) is 2. The highest BCUT2D eigenvalue weighted by molar-refractivity contribution is 7.87. The Morgan fingerprint density at radius 2 is 2.14 bits per heavy atom. The molecule has 1 unspecified atom stereocenters. The van der Waals surface area contributed by atoms with Crippen molar-refractivity contribution in [3.05, 3.63) is 33.8 Å². The number of hydrogen-bond donors (Lipinski definition) is 1. The number of unbranched alkanes of at least 4 members (excludes halogenated alkanes) is 1. The van der Waals surface area contributed by atoms with Crippen molar-refractivity contribution >= 4 is 56.4 Å². The molecule has 0 spiro atoms. The van der Waals surface area contributed by atoms with Crippen LogP contribution in [0, 0.1) is 0 Å². The maximum absolute atomic E-state index is 12.1. The molecule has 0 aliphatic carbocycles. The van der Waals surface area contributed by atoms with Crippen LogP contribution in [0.2, 0.25) is 10.0 Å². The molecule has 0 aliphatic heterocycles. The zero-order valence-electron chi connectivity index (χ0n) is 11.6. The fraction of sp³-hybridized carbons (Fsp3) is 0.308. The van der Waals surface area contributed by atoms with E-state index >= 15 is 0 Å². The van der Waals surface area contributed by atoms with Crippen LogP contribution in [0.3, 0.4) is 0 Å². The summed E-state index contributed by atoms with van der Waals surface area (Å²) in [6.45, 7) is 2.03. The largest absolute Gasteiger partial charge is 0.296 e. The summed E-state index contributed by atoms with van der Waals surface area (Å²) in [6.07, 6.45) is 1.82. The number of amides is 1. The Morgan fingerprint density at radius 1 is 1.36 bits per heavy atom. The van der Waals surface area contributed by atoms with Gasteiger partial charge >= 0.3 is 0 Å². The number of anilines is 1. The van der Waals surface area contributed by atoms with E-state index in [1.807, 2.05) is 6.92 Å². The number of rotatable bonds is 6. The number of benzene rings is 1. The molecule has 0 fully saturated rings. The van der Waals surface area contributed by atoms with Gasteiger partial charge < -0.3 is 0 Å². The second-order valence-electron chi connectivity index (χ2n) is 4.35. The standard InChI is InChI=1S/C13H13Cl2N3O2S2/c1-2-3-6-22(20)13-18-17-12(21-13)16-11(19)9-5-4-8(14)7-10(9)15/h4-5,7H,2-3,6H2,1H3,(H,16,17,19). The summed E-state index contributed by atoms with van der Waals surface area (Å²) in [4.78, 5) is 12.1. The number of aromatic nitrogens is 2. The molecular formula is C13H13Cl2N3O2S2. The quantitative estimate of drug-likeness (QED) is 0.771. The van der Waals surface area contributed by atoms with Crippen molar-refractivity contribution in [1.82, 2.24) is 10.2 Å². The molecule has 1 aromatic heterocycles. The molecule has 22 heavy (non-hydrogen) atoms. The fourth-order valence-electron chi connectivity index (χ4n) is 1.55. The van der Waals surface area contributed by atoms with E-state index in [2.05, 4.69) is 15.5 Å². The van der Waals surface area contributed by atoms with Gasteiger partial charge in [0.1, 0.15) is 0 Å². The Kier molecular flexibility index (Phi) is 6.31. The van der Waals surface area contributed by atoms with E-state index < -0.39 is 16.7 Å². The van der Waals surface area contributed by atoms with Gasteiger partial charge in [-0.1, -0.05) is 47.9 Å². The molecule has 0 aliphatic rings. The first-order valence-electron chi connectivity index (χ1n) is 6.49. The summed E-state index contributed by atoms with van der Waals surface area (Å²) < 4.78 is 12.3. The third-order valence-electron chi connectivity index (χ3n) is 2.68. The van der Waals surface area contributed by atoms with E-state index in [-0.39, 0.29) is 15.7 Å². The van der Waals surface area contributed by atoms with Crippen molar-refractivity contribution < 1.29 is 9.00 Å². The molecule has 1 amide bonds. The lowest BCUT2D eigenvalue weighted by atomic mass is 10.2. The van der Waals surface area contributed by atoms with Crippen LogP contribution in [0.25, 0.3) is 0 Å². The lowest BCUT2D eigenvalue weighted by Crippen LogP contribution is -2.12. The predicted molar refractivity (Wildman–Crippen MR) is 90.5 cm³/mol. The first kappa shape index (κ1) is 17.3. The van der Waals surface area contributed by atoms with Gasteiger partial charge in [-0.25, -0.2) is 0 Å². The van der Waals surface area contributed by atoms with Crippen LogP contribution in [0.1, 0.15) is 30.1 Å². The Hall–Kier alpha value is -1.02. The van der Waals surface area contributed by atoms with Crippen molar-refractivity contribution in [3.63, 3.8) is 0 Å². The van der Waals surface area contributed by atoms with Crippen LogP contribution in [0.5, 0.6) is 0 Å². The van der Waals surface area contributed by atoms with Gasteiger partial charge in [-0.3, -0.25) is 14.3 Å². The normalized spacial score (nSPS) is 12.1. The fourth-order valence-corrected chi connectivity index (χ4v) is 4.24. The van der Waals surface area contributed by atoms with Crippen molar-refractivity contribution in [1.29, 1.82) is 0 Å². The summed E-state index contributed by atoms with van der Waals surface area (Å²) in [6, 6.07) is 4.60. The van der Waals surface area contributed by atoms with E-state index in [4.69, 9.17) is 23.2 Å². The van der Waals surface area contributed by atoms with E-state index in [9.17, 15) is 9.00 Å². The number of carbonyl (C=O) groups excluding carboxylic acids is 1. The Bertz CT molecular complexity index is 706. The molecule has 118 valence electrons. The Morgan fingerprint density at radius 3 is 2.82 bits per heavy atom. The molecule has 1 N–H and O–H groups in total. The summed E-state index contributed by atoms with van der Waals surface area (Å²) >= 11 is 12.9. The average molecular weight is 378 g/mol. The second kappa shape index (κ2) is 8.01. The highest BCUT2D eigenvalue weighted by Gasteiger charge is 2.15. The van der Waals surface area contributed by atoms with Crippen LogP contribution in [-0.4, -0.2) is 26.1 Å². The summed E-state index contributed by atoms with van der Waals surface area (Å²) in [5, 5.41) is 11.3. The first-order valence-corrected chi connectivity index (χ1v) is 9.38. The van der Waals surface area contributed by atoms with Crippen molar-refractivity contribution in [3.8, 4) is 0 Å². The number of carbonyl (C=O) groups is 1. The lowest BCUT2D eigenvalue weighted by molar-refractivity contribution is 0.102. The summed E-state index contributed by atoms with van der Waals surface area (Å²) in [7, 11) is -1.18. The van der Waals surface area contributed by atoms with Crippen molar-refractivity contribution in [2.24, 2.45) is 0 Å². The Labute approximate surface area is 144 Å². The van der Waals surface area contributed by atoms with Gasteiger partial charge in [-0.15, -0.1) is 10.2 Å². The predicted octanol–water partition coefficient (Wildman–Crippen LogP) is 4.00. The second-order valence-corrected chi connectivity index (χ2v) is 7.92.